The summed E-state index contributed by atoms with van der Waals surface area (Å²) in [6.45, 7) is 3.31. The van der Waals surface area contributed by atoms with Gasteiger partial charge in [0.25, 0.3) is 0 Å². The Bertz CT molecular complexity index is 679. The molecule has 1 aliphatic heterocycles. The van der Waals surface area contributed by atoms with E-state index in [1.165, 1.54) is 17.2 Å². The minimum Gasteiger partial charge on any atom is -0.472 e. The number of alkyl halides is 1. The number of aliphatic hydroxyl groups is 2. The zero-order chi connectivity index (χ0) is 15.7. The Morgan fingerprint density at radius 3 is 2.95 bits per heavy atom. The molecular weight excluding hydrogens is 295 g/mol. The van der Waals surface area contributed by atoms with Gasteiger partial charge in [0, 0.05) is 0 Å². The van der Waals surface area contributed by atoms with Crippen LogP contribution in [-0.4, -0.2) is 61.3 Å². The maximum atomic E-state index is 14.2. The van der Waals surface area contributed by atoms with Crippen LogP contribution in [0.3, 0.4) is 0 Å². The zero-order valence-electron chi connectivity index (χ0n) is 11.5. The number of hydrogen-bond donors (Lipinski definition) is 2. The van der Waals surface area contributed by atoms with Crippen LogP contribution in [0.25, 0.3) is 11.2 Å². The first kappa shape index (κ1) is 14.8. The van der Waals surface area contributed by atoms with Crippen molar-refractivity contribution in [2.24, 2.45) is 0 Å². The van der Waals surface area contributed by atoms with E-state index in [1.54, 1.807) is 6.08 Å². The van der Waals surface area contributed by atoms with Crippen molar-refractivity contribution in [1.82, 2.24) is 19.5 Å². The number of fused-ring (bicyclic) bond motifs is 1. The van der Waals surface area contributed by atoms with Gasteiger partial charge in [0.2, 0.25) is 5.88 Å². The molecule has 8 nitrogen and oxygen atoms in total. The average Bonchev–Trinajstić information content (AvgIpc) is 3.08. The molecule has 22 heavy (non-hydrogen) atoms. The lowest BCUT2D eigenvalue weighted by atomic mass is 10.1. The van der Waals surface area contributed by atoms with E-state index >= 15 is 0 Å². The van der Waals surface area contributed by atoms with Crippen LogP contribution >= 0.6 is 0 Å². The normalized spacial score (nSPS) is 28.1. The Labute approximate surface area is 124 Å². The van der Waals surface area contributed by atoms with E-state index in [1.807, 2.05) is 0 Å². The maximum Gasteiger partial charge on any atom is 0.245 e. The number of imidazole rings is 1. The van der Waals surface area contributed by atoms with Crippen LogP contribution in [0.2, 0.25) is 0 Å². The van der Waals surface area contributed by atoms with Crippen molar-refractivity contribution in [2.45, 2.75) is 24.6 Å². The highest BCUT2D eigenvalue weighted by Gasteiger charge is 2.45. The van der Waals surface area contributed by atoms with Crippen molar-refractivity contribution in [2.75, 3.05) is 13.2 Å². The number of ether oxygens (including phenoxy) is 2. The van der Waals surface area contributed by atoms with E-state index < -0.39 is 31.2 Å². The van der Waals surface area contributed by atoms with Crippen LogP contribution in [0.15, 0.2) is 25.3 Å². The van der Waals surface area contributed by atoms with Crippen molar-refractivity contribution in [3.8, 4) is 5.88 Å². The molecular formula is C13H15FN4O4. The Kier molecular flexibility index (Phi) is 4.01. The molecule has 0 amide bonds. The molecule has 0 bridgehead atoms. The van der Waals surface area contributed by atoms with Gasteiger partial charge in [-0.25, -0.2) is 14.4 Å². The van der Waals surface area contributed by atoms with E-state index in [0.717, 1.165) is 0 Å². The Morgan fingerprint density at radius 2 is 2.27 bits per heavy atom. The highest BCUT2D eigenvalue weighted by atomic mass is 19.1. The minimum atomic E-state index is -1.71. The molecule has 0 aliphatic carbocycles. The van der Waals surface area contributed by atoms with E-state index in [2.05, 4.69) is 21.5 Å². The van der Waals surface area contributed by atoms with Crippen LogP contribution in [0, 0.1) is 0 Å². The smallest absolute Gasteiger partial charge is 0.245 e. The van der Waals surface area contributed by atoms with Crippen molar-refractivity contribution >= 4 is 11.2 Å². The van der Waals surface area contributed by atoms with Gasteiger partial charge in [0.05, 0.1) is 12.9 Å². The predicted octanol–water partition coefficient (Wildman–Crippen LogP) is -0.0202. The van der Waals surface area contributed by atoms with E-state index in [0.29, 0.717) is 11.2 Å². The lowest BCUT2D eigenvalue weighted by Gasteiger charge is -2.14. The summed E-state index contributed by atoms with van der Waals surface area (Å²) in [5.41, 5.74) is 0.662. The third kappa shape index (κ3) is 2.32. The zero-order valence-corrected chi connectivity index (χ0v) is 11.5. The maximum absolute atomic E-state index is 14.2. The van der Waals surface area contributed by atoms with Gasteiger partial charge in [0.15, 0.2) is 23.6 Å². The molecule has 2 N–H and O–H groups in total. The van der Waals surface area contributed by atoms with E-state index in [9.17, 15) is 9.50 Å². The largest absolute Gasteiger partial charge is 0.472 e. The minimum absolute atomic E-state index is 0.246. The summed E-state index contributed by atoms with van der Waals surface area (Å²) in [7, 11) is 0. The molecule has 3 rings (SSSR count). The second kappa shape index (κ2) is 5.95. The third-order valence-corrected chi connectivity index (χ3v) is 3.41. The highest BCUT2D eigenvalue weighted by molar-refractivity contribution is 5.76. The molecule has 0 aromatic carbocycles. The van der Waals surface area contributed by atoms with Gasteiger partial charge in [0.1, 0.15) is 25.1 Å². The van der Waals surface area contributed by atoms with Crippen molar-refractivity contribution in [1.29, 1.82) is 0 Å². The van der Waals surface area contributed by atoms with Gasteiger partial charge in [-0.1, -0.05) is 12.7 Å². The second-order valence-electron chi connectivity index (χ2n) is 4.79. The summed E-state index contributed by atoms with van der Waals surface area (Å²) in [6, 6.07) is 0. The number of aliphatic hydroxyl groups excluding tert-OH is 2. The Balaban J connectivity index is 1.97. The summed E-state index contributed by atoms with van der Waals surface area (Å²) in [6.07, 6.45) is -1.07. The molecule has 3 unspecified atom stereocenters. The molecule has 3 heterocycles. The van der Waals surface area contributed by atoms with Gasteiger partial charge in [-0.15, -0.1) is 0 Å². The molecule has 1 saturated heterocycles. The SMILES string of the molecule is C=CCOc1ncnc2c1ncn2C1OC(CO)[C@@H](O)C1F. The molecule has 4 atom stereocenters. The lowest BCUT2D eigenvalue weighted by Crippen LogP contribution is -2.30. The van der Waals surface area contributed by atoms with Crippen LogP contribution in [0.5, 0.6) is 5.88 Å². The summed E-state index contributed by atoms with van der Waals surface area (Å²) in [4.78, 5) is 12.1. The average molecular weight is 310 g/mol. The van der Waals surface area contributed by atoms with Crippen molar-refractivity contribution < 1.29 is 24.1 Å². The van der Waals surface area contributed by atoms with Crippen LogP contribution in [0.4, 0.5) is 4.39 Å². The number of hydrogen-bond acceptors (Lipinski definition) is 7. The second-order valence-corrected chi connectivity index (χ2v) is 4.79. The van der Waals surface area contributed by atoms with E-state index in [-0.39, 0.29) is 12.5 Å². The Hall–Kier alpha value is -2.10. The summed E-state index contributed by atoms with van der Waals surface area (Å²) >= 11 is 0. The summed E-state index contributed by atoms with van der Waals surface area (Å²) in [5.74, 6) is 0.247. The fourth-order valence-electron chi connectivity index (χ4n) is 2.34. The molecule has 2 aromatic rings. The lowest BCUT2D eigenvalue weighted by molar-refractivity contribution is -0.0459. The van der Waals surface area contributed by atoms with Gasteiger partial charge in [-0.05, 0) is 0 Å². The number of rotatable bonds is 5. The fraction of sp³-hybridized carbons (Fsp3) is 0.462. The summed E-state index contributed by atoms with van der Waals surface area (Å²) in [5, 5.41) is 18.8. The van der Waals surface area contributed by atoms with Gasteiger partial charge in [-0.2, -0.15) is 4.98 Å². The molecule has 2 aromatic heterocycles. The molecule has 1 fully saturated rings. The standard InChI is InChI=1S/C13H15FN4O4/c1-2-3-21-12-9-11(15-5-16-12)18(6-17-9)13-8(14)10(20)7(4-19)22-13/h2,5-8,10,13,19-20H,1,3-4H2/t7?,8?,10-,13?/m1/s1. The van der Waals surface area contributed by atoms with Gasteiger partial charge in [-0.3, -0.25) is 4.57 Å². The third-order valence-electron chi connectivity index (χ3n) is 3.41. The molecule has 0 saturated carbocycles. The molecule has 118 valence electrons. The fourth-order valence-corrected chi connectivity index (χ4v) is 2.34. The monoisotopic (exact) mass is 310 g/mol. The number of aromatic nitrogens is 4. The van der Waals surface area contributed by atoms with Crippen molar-refractivity contribution in [3.63, 3.8) is 0 Å². The quantitative estimate of drug-likeness (QED) is 0.748. The predicted molar refractivity (Wildman–Crippen MR) is 72.9 cm³/mol. The van der Waals surface area contributed by atoms with Crippen LogP contribution in [-0.2, 0) is 4.74 Å². The highest BCUT2D eigenvalue weighted by Crippen LogP contribution is 2.34. The van der Waals surface area contributed by atoms with Gasteiger partial charge < -0.3 is 19.7 Å². The number of halogens is 1. The topological polar surface area (TPSA) is 103 Å². The molecule has 0 spiro atoms. The first-order valence-corrected chi connectivity index (χ1v) is 6.67. The van der Waals surface area contributed by atoms with E-state index in [4.69, 9.17) is 14.6 Å². The van der Waals surface area contributed by atoms with Crippen LogP contribution < -0.4 is 4.74 Å². The first-order valence-electron chi connectivity index (χ1n) is 6.67. The summed E-state index contributed by atoms with van der Waals surface area (Å²) < 4.78 is 26.2. The van der Waals surface area contributed by atoms with Gasteiger partial charge >= 0.3 is 0 Å². The van der Waals surface area contributed by atoms with Crippen molar-refractivity contribution in [3.05, 3.63) is 25.3 Å². The molecule has 9 heteroatoms. The number of nitrogens with zero attached hydrogens (tertiary/aromatic N) is 4. The van der Waals surface area contributed by atoms with Crippen LogP contribution in [0.1, 0.15) is 6.23 Å². The molecule has 1 aliphatic rings. The Morgan fingerprint density at radius 1 is 1.45 bits per heavy atom. The first-order chi connectivity index (χ1) is 10.7. The molecule has 0 radical (unpaired) electrons.